The lowest BCUT2D eigenvalue weighted by Gasteiger charge is -2.37. The molecule has 8 aromatic carbocycles. The average Bonchev–Trinajstić information content (AvgIpc) is 1.64. The fourth-order valence-electron chi connectivity index (χ4n) is 14.4. The summed E-state index contributed by atoms with van der Waals surface area (Å²) in [6.07, 6.45) is 14.6. The first-order chi connectivity index (χ1) is 42.7. The first kappa shape index (κ1) is 62.6. The summed E-state index contributed by atoms with van der Waals surface area (Å²) >= 11 is 0. The molecule has 8 aromatic rings. The van der Waals surface area contributed by atoms with Crippen molar-refractivity contribution in [2.24, 2.45) is 23.7 Å². The van der Waals surface area contributed by atoms with E-state index in [1.165, 1.54) is 38.6 Å². The lowest BCUT2D eigenvalue weighted by Crippen LogP contribution is -2.42. The monoisotopic (exact) mass is 1220 g/mol. The molecule has 12 rings (SSSR count). The Morgan fingerprint density at radius 3 is 1.42 bits per heavy atom. The topological polar surface area (TPSA) is 178 Å². The SMILES string of the molecule is COc1ccc2c(c1)CCC(NCC1CCC(CNS(=O)(=O)c3ccc4ccccc4c3)CC1)C2Cc1ccc2ccccc2c1.COc1ccc2c(c1)CCC(NCC1CCC(CNS(=O)(=O)c3ccccc3C)CC1)C2Cc1ccc([N+](=O)[O-])cc1. The molecule has 4 unspecified atom stereocenters. The number of sulfonamides is 2. The molecule has 0 aliphatic heterocycles. The van der Waals surface area contributed by atoms with Gasteiger partial charge in [0.1, 0.15) is 11.5 Å². The summed E-state index contributed by atoms with van der Waals surface area (Å²) in [5.74, 6) is 4.37. The number of non-ortho nitro benzene ring substituents is 1. The van der Waals surface area contributed by atoms with Crippen LogP contribution in [0.3, 0.4) is 0 Å². The third-order valence-corrected chi connectivity index (χ3v) is 22.6. The summed E-state index contributed by atoms with van der Waals surface area (Å²) in [6, 6.07) is 56.5. The summed E-state index contributed by atoms with van der Waals surface area (Å²) in [4.78, 5) is 11.5. The van der Waals surface area contributed by atoms with Crippen LogP contribution in [0, 0.1) is 40.7 Å². The maximum Gasteiger partial charge on any atom is 0.269 e. The van der Waals surface area contributed by atoms with E-state index in [9.17, 15) is 26.9 Å². The molecule has 0 bridgehead atoms. The number of benzene rings is 8. The molecule has 2 fully saturated rings. The van der Waals surface area contributed by atoms with Gasteiger partial charge in [-0.25, -0.2) is 26.3 Å². The van der Waals surface area contributed by atoms with Crippen molar-refractivity contribution in [3.63, 3.8) is 0 Å². The van der Waals surface area contributed by atoms with Crippen LogP contribution in [-0.4, -0.2) is 74.2 Å². The van der Waals surface area contributed by atoms with Crippen LogP contribution in [-0.2, 0) is 45.7 Å². The molecule has 4 aliphatic rings. The number of hydrogen-bond acceptors (Lipinski definition) is 10. The Bertz CT molecular complexity index is 3920. The molecule has 15 heteroatoms. The molecule has 4 N–H and O–H groups in total. The van der Waals surface area contributed by atoms with Gasteiger partial charge in [0.05, 0.1) is 28.9 Å². The number of ether oxygens (including phenoxy) is 2. The molecule has 0 amide bonds. The summed E-state index contributed by atoms with van der Waals surface area (Å²) in [7, 11) is -3.59. The zero-order valence-corrected chi connectivity index (χ0v) is 52.7. The van der Waals surface area contributed by atoms with Crippen LogP contribution in [0.2, 0.25) is 0 Å². The number of aryl methyl sites for hydroxylation is 3. The minimum Gasteiger partial charge on any atom is -0.497 e. The van der Waals surface area contributed by atoms with Gasteiger partial charge in [0.2, 0.25) is 20.0 Å². The largest absolute Gasteiger partial charge is 0.497 e. The van der Waals surface area contributed by atoms with Crippen molar-refractivity contribution in [3.8, 4) is 11.5 Å². The molecule has 4 aliphatic carbocycles. The second-order valence-electron chi connectivity index (χ2n) is 25.2. The van der Waals surface area contributed by atoms with Gasteiger partial charge in [-0.1, -0.05) is 115 Å². The standard InChI is InChI=1S/C40H44N2O3S.C33H41N3O5S/c1-45-36-18-20-38-35(24-36)17-21-40(39(38)23-30-14-15-31-6-2-4-8-33(31)22-30)41-26-28-10-12-29(13-11-28)27-42-46(43,44)37-19-16-32-7-3-5-9-34(32)25-37;1-23-5-3-4-6-33(23)42(39,40)35-22-26-9-7-25(8-10-26)21-34-32-18-13-27-20-29(41-2)16-17-30(27)31(32)19-24-11-14-28(15-12-24)36(37)38/h2-9,14-16,18-20,22,24-25,28-29,39-42H,10-13,17,21,23,26-27H2,1H3;3-6,11-12,14-17,20,25-26,31-32,34-35H,7-10,13,18-19,21-22H2,1-2H3. The van der Waals surface area contributed by atoms with Gasteiger partial charge in [0.15, 0.2) is 0 Å². The van der Waals surface area contributed by atoms with Crippen LogP contribution in [0.15, 0.2) is 180 Å². The minimum absolute atomic E-state index is 0.112. The Morgan fingerprint density at radius 2 is 0.909 bits per heavy atom. The van der Waals surface area contributed by atoms with E-state index in [-0.39, 0.29) is 16.5 Å². The van der Waals surface area contributed by atoms with Gasteiger partial charge < -0.3 is 20.1 Å². The number of hydrogen-bond donors (Lipinski definition) is 4. The fourth-order valence-corrected chi connectivity index (χ4v) is 16.9. The van der Waals surface area contributed by atoms with Gasteiger partial charge in [0.25, 0.3) is 5.69 Å². The zero-order chi connectivity index (χ0) is 61.2. The first-order valence-electron chi connectivity index (χ1n) is 31.7. The van der Waals surface area contributed by atoms with Crippen molar-refractivity contribution in [2.45, 2.75) is 131 Å². The Morgan fingerprint density at radius 1 is 0.466 bits per heavy atom. The maximum atomic E-state index is 13.1. The molecular weight excluding hydrogens is 1140 g/mol. The average molecular weight is 1220 g/mol. The molecule has 0 radical (unpaired) electrons. The second kappa shape index (κ2) is 28.7. The summed E-state index contributed by atoms with van der Waals surface area (Å²) in [6.45, 7) is 4.77. The normalized spacial score (nSPS) is 22.0. The molecule has 88 heavy (non-hydrogen) atoms. The van der Waals surface area contributed by atoms with Crippen molar-refractivity contribution in [1.29, 1.82) is 0 Å². The summed E-state index contributed by atoms with van der Waals surface area (Å²) in [5.41, 5.74) is 8.84. The number of fused-ring (bicyclic) bond motifs is 4. The van der Waals surface area contributed by atoms with E-state index in [0.717, 1.165) is 136 Å². The summed E-state index contributed by atoms with van der Waals surface area (Å²) in [5, 5.41) is 23.7. The van der Waals surface area contributed by atoms with Gasteiger partial charge in [-0.15, -0.1) is 0 Å². The molecule has 4 atom stereocenters. The molecular formula is C73H85N5O8S2. The van der Waals surface area contributed by atoms with E-state index in [4.69, 9.17) is 9.47 Å². The Labute approximate surface area is 520 Å². The smallest absolute Gasteiger partial charge is 0.269 e. The van der Waals surface area contributed by atoms with Gasteiger partial charge >= 0.3 is 0 Å². The highest BCUT2D eigenvalue weighted by molar-refractivity contribution is 7.89. The van der Waals surface area contributed by atoms with Crippen LogP contribution < -0.4 is 29.6 Å². The fraction of sp³-hybridized carbons (Fsp3) is 0.397. The Kier molecular flexibility index (Phi) is 20.4. The van der Waals surface area contributed by atoms with Crippen molar-refractivity contribution < 1.29 is 31.2 Å². The number of nitro groups is 1. The predicted molar refractivity (Wildman–Crippen MR) is 353 cm³/mol. The van der Waals surface area contributed by atoms with Crippen molar-refractivity contribution in [1.82, 2.24) is 20.1 Å². The third kappa shape index (κ3) is 15.5. The van der Waals surface area contributed by atoms with E-state index >= 15 is 0 Å². The highest BCUT2D eigenvalue weighted by Crippen LogP contribution is 2.40. The van der Waals surface area contributed by atoms with E-state index in [2.05, 4.69) is 92.9 Å². The zero-order valence-electron chi connectivity index (χ0n) is 51.0. The second-order valence-corrected chi connectivity index (χ2v) is 28.7. The van der Waals surface area contributed by atoms with Crippen LogP contribution in [0.25, 0.3) is 21.5 Å². The van der Waals surface area contributed by atoms with E-state index in [0.29, 0.717) is 64.6 Å². The van der Waals surface area contributed by atoms with Gasteiger partial charge in [-0.2, -0.15) is 0 Å². The van der Waals surface area contributed by atoms with Crippen LogP contribution in [0.5, 0.6) is 11.5 Å². The van der Waals surface area contributed by atoms with Gasteiger partial charge in [-0.3, -0.25) is 10.1 Å². The number of nitrogens with one attached hydrogen (secondary N) is 4. The molecule has 0 aromatic heterocycles. The first-order valence-corrected chi connectivity index (χ1v) is 34.7. The quantitative estimate of drug-likeness (QED) is 0.0400. The van der Waals surface area contributed by atoms with E-state index in [1.54, 1.807) is 50.6 Å². The van der Waals surface area contributed by atoms with E-state index < -0.39 is 20.0 Å². The number of nitro benzene ring substituents is 1. The lowest BCUT2D eigenvalue weighted by molar-refractivity contribution is -0.384. The third-order valence-electron chi connectivity index (χ3n) is 19.6. The molecule has 0 spiro atoms. The van der Waals surface area contributed by atoms with Gasteiger partial charge in [0, 0.05) is 49.1 Å². The highest BCUT2D eigenvalue weighted by atomic mass is 32.2. The van der Waals surface area contributed by atoms with Crippen molar-refractivity contribution in [2.75, 3.05) is 40.4 Å². The Balaban J connectivity index is 0.000000183. The van der Waals surface area contributed by atoms with Crippen LogP contribution >= 0.6 is 0 Å². The molecule has 0 heterocycles. The van der Waals surface area contributed by atoms with Gasteiger partial charge in [-0.05, 0) is 237 Å². The minimum atomic E-state index is -3.53. The highest BCUT2D eigenvalue weighted by Gasteiger charge is 2.34. The van der Waals surface area contributed by atoms with Crippen LogP contribution in [0.1, 0.15) is 115 Å². The summed E-state index contributed by atoms with van der Waals surface area (Å²) < 4.78 is 68.6. The molecule has 0 saturated heterocycles. The molecule has 462 valence electrons. The number of rotatable bonds is 21. The Hall–Kier alpha value is -6.98. The maximum absolute atomic E-state index is 13.1. The number of nitrogens with zero attached hydrogens (tertiary/aromatic N) is 1. The lowest BCUT2D eigenvalue weighted by atomic mass is 9.75. The van der Waals surface area contributed by atoms with Crippen molar-refractivity contribution >= 4 is 47.3 Å². The molecule has 13 nitrogen and oxygen atoms in total. The van der Waals surface area contributed by atoms with Crippen LogP contribution in [0.4, 0.5) is 5.69 Å². The van der Waals surface area contributed by atoms with E-state index in [1.807, 2.05) is 67.6 Å². The number of methoxy groups -OCH3 is 2. The van der Waals surface area contributed by atoms with Crippen molar-refractivity contribution in [3.05, 3.63) is 219 Å². The predicted octanol–water partition coefficient (Wildman–Crippen LogP) is 13.9. The molecule has 2 saturated carbocycles.